The third-order valence-electron chi connectivity index (χ3n) is 1.16. The Balaban J connectivity index is 0. The SMILES string of the molecule is CCNC(CC)S(=O)(=O)O.[Na]. The molecule has 0 aromatic carbocycles. The van der Waals surface area contributed by atoms with Crippen LogP contribution in [0.15, 0.2) is 0 Å². The number of hydrogen-bond acceptors (Lipinski definition) is 3. The van der Waals surface area contributed by atoms with Crippen molar-refractivity contribution in [1.29, 1.82) is 0 Å². The molecule has 1 atom stereocenters. The fourth-order valence-electron chi connectivity index (χ4n) is 0.688. The van der Waals surface area contributed by atoms with Crippen LogP contribution in [0.1, 0.15) is 20.3 Å². The van der Waals surface area contributed by atoms with Gasteiger partial charge in [-0.15, -0.1) is 0 Å². The Kier molecular flexibility index (Phi) is 8.37. The van der Waals surface area contributed by atoms with Crippen LogP contribution in [0.5, 0.6) is 0 Å². The second kappa shape index (κ2) is 6.39. The van der Waals surface area contributed by atoms with Crippen LogP contribution >= 0.6 is 0 Å². The van der Waals surface area contributed by atoms with Gasteiger partial charge in [-0.05, 0) is 13.0 Å². The summed E-state index contributed by atoms with van der Waals surface area (Å²) in [5, 5.41) is 1.83. The van der Waals surface area contributed by atoms with Gasteiger partial charge in [0.05, 0.1) is 0 Å². The van der Waals surface area contributed by atoms with Crippen LogP contribution in [-0.4, -0.2) is 54.4 Å². The van der Waals surface area contributed by atoms with Crippen LogP contribution in [0.25, 0.3) is 0 Å². The van der Waals surface area contributed by atoms with Crippen LogP contribution in [0.2, 0.25) is 0 Å². The molecule has 0 spiro atoms. The first-order valence-electron chi connectivity index (χ1n) is 3.22. The molecular weight excluding hydrogens is 177 g/mol. The van der Waals surface area contributed by atoms with Crippen molar-refractivity contribution in [2.24, 2.45) is 0 Å². The Hall–Kier alpha value is 0.870. The second-order valence-electron chi connectivity index (χ2n) is 1.97. The van der Waals surface area contributed by atoms with Crippen LogP contribution in [0, 0.1) is 0 Å². The van der Waals surface area contributed by atoms with Gasteiger partial charge in [0.2, 0.25) is 0 Å². The number of hydrogen-bond donors (Lipinski definition) is 2. The summed E-state index contributed by atoms with van der Waals surface area (Å²) in [7, 11) is -3.89. The summed E-state index contributed by atoms with van der Waals surface area (Å²) >= 11 is 0. The van der Waals surface area contributed by atoms with E-state index in [4.69, 9.17) is 4.55 Å². The first-order chi connectivity index (χ1) is 4.52. The summed E-state index contributed by atoms with van der Waals surface area (Å²) in [5.41, 5.74) is 0. The molecule has 0 saturated carbocycles. The molecule has 0 saturated heterocycles. The van der Waals surface area contributed by atoms with Gasteiger partial charge in [-0.1, -0.05) is 13.8 Å². The predicted octanol–water partition coefficient (Wildman–Crippen LogP) is -0.161. The van der Waals surface area contributed by atoms with E-state index < -0.39 is 15.5 Å². The molecule has 0 aromatic heterocycles. The molecule has 1 radical (unpaired) electrons. The van der Waals surface area contributed by atoms with Gasteiger partial charge in [0.15, 0.2) is 0 Å². The topological polar surface area (TPSA) is 66.4 Å². The molecule has 2 N–H and O–H groups in total. The molecule has 0 heterocycles. The molecule has 1 unspecified atom stereocenters. The van der Waals surface area contributed by atoms with Crippen LogP contribution < -0.4 is 5.32 Å². The maximum Gasteiger partial charge on any atom is 0.281 e. The summed E-state index contributed by atoms with van der Waals surface area (Å²) in [6, 6.07) is 0. The van der Waals surface area contributed by atoms with Gasteiger partial charge >= 0.3 is 0 Å². The van der Waals surface area contributed by atoms with E-state index in [-0.39, 0.29) is 29.6 Å². The Labute approximate surface area is 89.8 Å². The quantitative estimate of drug-likeness (QED) is 0.477. The van der Waals surface area contributed by atoms with Crippen molar-refractivity contribution in [2.75, 3.05) is 6.54 Å². The van der Waals surface area contributed by atoms with Gasteiger partial charge in [0.25, 0.3) is 10.1 Å². The van der Waals surface area contributed by atoms with E-state index >= 15 is 0 Å². The Morgan fingerprint density at radius 3 is 2.00 bits per heavy atom. The summed E-state index contributed by atoms with van der Waals surface area (Å²) in [6.45, 7) is 4.02. The fraction of sp³-hybridized carbons (Fsp3) is 1.00. The summed E-state index contributed by atoms with van der Waals surface area (Å²) in [5.74, 6) is 0. The molecule has 6 heteroatoms. The Bertz CT molecular complexity index is 180. The van der Waals surface area contributed by atoms with E-state index in [2.05, 4.69) is 5.32 Å². The van der Waals surface area contributed by atoms with E-state index in [1.165, 1.54) is 0 Å². The molecule has 0 amide bonds. The smallest absolute Gasteiger partial charge is 0.281 e. The van der Waals surface area contributed by atoms with Gasteiger partial charge in [-0.3, -0.25) is 9.87 Å². The van der Waals surface area contributed by atoms with Gasteiger partial charge in [0, 0.05) is 29.6 Å². The van der Waals surface area contributed by atoms with Gasteiger partial charge in [0.1, 0.15) is 5.37 Å². The van der Waals surface area contributed by atoms with Crippen LogP contribution in [0.4, 0.5) is 0 Å². The maximum atomic E-state index is 10.4. The van der Waals surface area contributed by atoms with Gasteiger partial charge < -0.3 is 0 Å². The molecule has 0 bridgehead atoms. The molecule has 4 nitrogen and oxygen atoms in total. The van der Waals surface area contributed by atoms with E-state index in [0.29, 0.717) is 13.0 Å². The van der Waals surface area contributed by atoms with E-state index in [9.17, 15) is 8.42 Å². The zero-order valence-electron chi connectivity index (χ0n) is 7.16. The van der Waals surface area contributed by atoms with Crippen molar-refractivity contribution in [3.8, 4) is 0 Å². The zero-order chi connectivity index (χ0) is 8.20. The minimum absolute atomic E-state index is 0. The Morgan fingerprint density at radius 1 is 1.45 bits per heavy atom. The molecule has 63 valence electrons. The maximum absolute atomic E-state index is 10.4. The summed E-state index contributed by atoms with van der Waals surface area (Å²) in [6.07, 6.45) is 0.382. The van der Waals surface area contributed by atoms with Crippen molar-refractivity contribution in [1.82, 2.24) is 5.32 Å². The molecule has 0 aliphatic heterocycles. The van der Waals surface area contributed by atoms with Crippen molar-refractivity contribution < 1.29 is 13.0 Å². The molecule has 0 aliphatic rings. The molecule has 11 heavy (non-hydrogen) atoms. The van der Waals surface area contributed by atoms with E-state index in [0.717, 1.165) is 0 Å². The average molecular weight is 190 g/mol. The minimum atomic E-state index is -3.89. The zero-order valence-corrected chi connectivity index (χ0v) is 9.98. The third-order valence-corrected chi connectivity index (χ3v) is 2.38. The van der Waals surface area contributed by atoms with Crippen LogP contribution in [-0.2, 0) is 10.1 Å². The second-order valence-corrected chi connectivity index (χ2v) is 3.57. The summed E-state index contributed by atoms with van der Waals surface area (Å²) in [4.78, 5) is 0. The third kappa shape index (κ3) is 6.07. The number of rotatable bonds is 4. The molecule has 0 aliphatic carbocycles. The van der Waals surface area contributed by atoms with Crippen molar-refractivity contribution in [2.45, 2.75) is 25.6 Å². The average Bonchev–Trinajstić information content (AvgIpc) is 1.80. The van der Waals surface area contributed by atoms with Crippen molar-refractivity contribution in [3.63, 3.8) is 0 Å². The predicted molar refractivity (Wildman–Crippen MR) is 45.1 cm³/mol. The molecular formula is C5H13NNaO3S. The Morgan fingerprint density at radius 2 is 1.91 bits per heavy atom. The normalized spacial score (nSPS) is 13.7. The first kappa shape index (κ1) is 14.4. The van der Waals surface area contributed by atoms with Crippen LogP contribution in [0.3, 0.4) is 0 Å². The summed E-state index contributed by atoms with van der Waals surface area (Å²) < 4.78 is 29.4. The van der Waals surface area contributed by atoms with Gasteiger partial charge in [-0.25, -0.2) is 0 Å². The minimum Gasteiger partial charge on any atom is -0.299 e. The number of nitrogens with one attached hydrogen (secondary N) is 1. The van der Waals surface area contributed by atoms with Gasteiger partial charge in [-0.2, -0.15) is 8.42 Å². The molecule has 0 aromatic rings. The standard InChI is InChI=1S/C5H13NO3S.Na/c1-3-5(6-4-2)10(7,8)9;/h5-6H,3-4H2,1-2H3,(H,7,8,9);. The molecule has 0 rings (SSSR count). The van der Waals surface area contributed by atoms with Crippen molar-refractivity contribution in [3.05, 3.63) is 0 Å². The fourth-order valence-corrected chi connectivity index (χ4v) is 1.49. The largest absolute Gasteiger partial charge is 0.299 e. The molecule has 0 fully saturated rings. The monoisotopic (exact) mass is 190 g/mol. The van der Waals surface area contributed by atoms with E-state index in [1.54, 1.807) is 13.8 Å². The van der Waals surface area contributed by atoms with E-state index in [1.807, 2.05) is 0 Å². The van der Waals surface area contributed by atoms with Crippen molar-refractivity contribution >= 4 is 39.7 Å². The first-order valence-corrected chi connectivity index (χ1v) is 4.72.